The minimum atomic E-state index is -0.0508. The second kappa shape index (κ2) is 9.15. The Bertz CT molecular complexity index is 1320. The molecule has 4 aromatic rings. The zero-order chi connectivity index (χ0) is 22.7. The molecule has 5 rings (SSSR count). The van der Waals surface area contributed by atoms with Crippen LogP contribution in [0.25, 0.3) is 10.8 Å². The molecule has 0 N–H and O–H groups in total. The van der Waals surface area contributed by atoms with Crippen LogP contribution in [0.4, 0.5) is 11.4 Å². The number of para-hydroxylation sites is 1. The van der Waals surface area contributed by atoms with Gasteiger partial charge in [-0.3, -0.25) is 4.99 Å². The van der Waals surface area contributed by atoms with Crippen molar-refractivity contribution in [2.24, 2.45) is 4.99 Å². The maximum Gasteiger partial charge on any atom is 0.210 e. The predicted molar refractivity (Wildman–Crippen MR) is 141 cm³/mol. The Hall–Kier alpha value is -3.52. The van der Waals surface area contributed by atoms with Crippen LogP contribution < -0.4 is 0 Å². The third-order valence-corrected chi connectivity index (χ3v) is 7.07. The molecule has 0 saturated heterocycles. The van der Waals surface area contributed by atoms with Gasteiger partial charge in [-0.15, -0.1) is 0 Å². The van der Waals surface area contributed by atoms with E-state index in [0.29, 0.717) is 0 Å². The summed E-state index contributed by atoms with van der Waals surface area (Å²) in [6.07, 6.45) is 5.07. The molecule has 1 heterocycles. The summed E-state index contributed by atoms with van der Waals surface area (Å²) in [5.41, 5.74) is 6.63. The fourth-order valence-electron chi connectivity index (χ4n) is 5.41. The predicted octanol–water partition coefficient (Wildman–Crippen LogP) is 7.64. The number of hydrogen-bond acceptors (Lipinski definition) is 1. The lowest BCUT2D eigenvalue weighted by Gasteiger charge is -2.25. The fraction of sp³-hybridized carbons (Fsp3) is 0.226. The lowest BCUT2D eigenvalue weighted by molar-refractivity contribution is -0.434. The van der Waals surface area contributed by atoms with Crippen molar-refractivity contribution in [3.63, 3.8) is 0 Å². The Morgan fingerprint density at radius 2 is 1.52 bits per heavy atom. The van der Waals surface area contributed by atoms with E-state index in [2.05, 4.69) is 104 Å². The standard InChI is InChI=1S/C31H31N2/c1-3-33-28-19-18-25-14-10-11-17-27(25)30(28)31(2,22-20-24-12-6-4-7-13-24)29(33)21-23-32-26-15-8-5-9-16-26/h4-19,23H,3,20-22H2,1-2H3/q+1. The number of nitrogens with zero attached hydrogens (tertiary/aromatic N) is 2. The molecule has 0 aliphatic carbocycles. The second-order valence-electron chi connectivity index (χ2n) is 9.04. The number of rotatable bonds is 7. The Morgan fingerprint density at radius 1 is 0.818 bits per heavy atom. The summed E-state index contributed by atoms with van der Waals surface area (Å²) in [5.74, 6) is 0. The zero-order valence-electron chi connectivity index (χ0n) is 19.5. The van der Waals surface area contributed by atoms with Crippen molar-refractivity contribution >= 4 is 34.1 Å². The van der Waals surface area contributed by atoms with Gasteiger partial charge >= 0.3 is 0 Å². The summed E-state index contributed by atoms with van der Waals surface area (Å²) in [6.45, 7) is 5.67. The van der Waals surface area contributed by atoms with Gasteiger partial charge in [0, 0.05) is 17.8 Å². The molecule has 1 aliphatic heterocycles. The van der Waals surface area contributed by atoms with Crippen molar-refractivity contribution < 1.29 is 4.58 Å². The topological polar surface area (TPSA) is 15.4 Å². The van der Waals surface area contributed by atoms with Gasteiger partial charge in [-0.25, -0.2) is 0 Å². The fourth-order valence-corrected chi connectivity index (χ4v) is 5.41. The summed E-state index contributed by atoms with van der Waals surface area (Å²) >= 11 is 0. The maximum atomic E-state index is 4.77. The molecule has 0 bridgehead atoms. The highest BCUT2D eigenvalue weighted by atomic mass is 15.1. The third kappa shape index (κ3) is 4.02. The molecular weight excluding hydrogens is 400 g/mol. The minimum absolute atomic E-state index is 0.0508. The quantitative estimate of drug-likeness (QED) is 0.211. The number of fused-ring (bicyclic) bond motifs is 3. The van der Waals surface area contributed by atoms with Crippen molar-refractivity contribution in [3.8, 4) is 0 Å². The summed E-state index contributed by atoms with van der Waals surface area (Å²) in [7, 11) is 0. The highest BCUT2D eigenvalue weighted by Gasteiger charge is 2.48. The van der Waals surface area contributed by atoms with Gasteiger partial charge in [0.25, 0.3) is 0 Å². The van der Waals surface area contributed by atoms with Crippen LogP contribution in [-0.4, -0.2) is 23.0 Å². The molecular formula is C31H31N2+. The summed E-state index contributed by atoms with van der Waals surface area (Å²) < 4.78 is 2.53. The zero-order valence-corrected chi connectivity index (χ0v) is 19.5. The van der Waals surface area contributed by atoms with Crippen LogP contribution in [0.2, 0.25) is 0 Å². The molecule has 1 unspecified atom stereocenters. The van der Waals surface area contributed by atoms with Crippen LogP contribution in [0, 0.1) is 0 Å². The van der Waals surface area contributed by atoms with Gasteiger partial charge in [0.15, 0.2) is 5.71 Å². The van der Waals surface area contributed by atoms with Crippen molar-refractivity contribution in [3.05, 3.63) is 108 Å². The van der Waals surface area contributed by atoms with E-state index in [1.54, 1.807) is 0 Å². The molecule has 0 spiro atoms. The molecule has 2 heteroatoms. The van der Waals surface area contributed by atoms with Gasteiger partial charge in [0.1, 0.15) is 6.54 Å². The Balaban J connectivity index is 1.59. The molecule has 0 fully saturated rings. The Kier molecular flexibility index (Phi) is 5.92. The van der Waals surface area contributed by atoms with Gasteiger partial charge in [0.05, 0.1) is 17.5 Å². The lowest BCUT2D eigenvalue weighted by atomic mass is 9.72. The number of benzene rings is 4. The highest BCUT2D eigenvalue weighted by Crippen LogP contribution is 2.47. The monoisotopic (exact) mass is 431 g/mol. The molecule has 2 nitrogen and oxygen atoms in total. The van der Waals surface area contributed by atoms with E-state index >= 15 is 0 Å². The van der Waals surface area contributed by atoms with E-state index in [1.807, 2.05) is 18.2 Å². The smallest absolute Gasteiger partial charge is 0.210 e. The van der Waals surface area contributed by atoms with Gasteiger partial charge in [-0.1, -0.05) is 72.8 Å². The number of aryl methyl sites for hydroxylation is 1. The average molecular weight is 432 g/mol. The molecule has 4 aromatic carbocycles. The number of aliphatic imine (C=N–C) groups is 1. The SMILES string of the molecule is CC[N+]1=C(CC=Nc2ccccc2)C(C)(CCc2ccccc2)c2c1ccc1ccccc21. The Labute approximate surface area is 197 Å². The second-order valence-corrected chi connectivity index (χ2v) is 9.04. The molecule has 0 aromatic heterocycles. The van der Waals surface area contributed by atoms with Crippen LogP contribution in [-0.2, 0) is 11.8 Å². The van der Waals surface area contributed by atoms with Crippen LogP contribution in [0.3, 0.4) is 0 Å². The van der Waals surface area contributed by atoms with Gasteiger partial charge in [-0.05, 0) is 61.2 Å². The summed E-state index contributed by atoms with van der Waals surface area (Å²) in [6, 6.07) is 34.6. The van der Waals surface area contributed by atoms with Crippen LogP contribution >= 0.6 is 0 Å². The summed E-state index contributed by atoms with van der Waals surface area (Å²) in [4.78, 5) is 4.77. The highest BCUT2D eigenvalue weighted by molar-refractivity contribution is 6.07. The normalized spacial score (nSPS) is 17.8. The molecule has 33 heavy (non-hydrogen) atoms. The van der Waals surface area contributed by atoms with Gasteiger partial charge < -0.3 is 0 Å². The average Bonchev–Trinajstić information content (AvgIpc) is 3.12. The minimum Gasteiger partial charge on any atom is -0.261 e. The van der Waals surface area contributed by atoms with Gasteiger partial charge in [0.2, 0.25) is 5.69 Å². The van der Waals surface area contributed by atoms with E-state index < -0.39 is 0 Å². The maximum absolute atomic E-state index is 4.77. The first-order chi connectivity index (χ1) is 16.2. The lowest BCUT2D eigenvalue weighted by Crippen LogP contribution is -2.33. The molecule has 0 radical (unpaired) electrons. The van der Waals surface area contributed by atoms with E-state index in [0.717, 1.165) is 31.5 Å². The van der Waals surface area contributed by atoms with Crippen molar-refractivity contribution in [2.45, 2.75) is 38.5 Å². The Morgan fingerprint density at radius 3 is 2.27 bits per heavy atom. The summed E-state index contributed by atoms with van der Waals surface area (Å²) in [5, 5.41) is 2.69. The first-order valence-electron chi connectivity index (χ1n) is 12.0. The van der Waals surface area contributed by atoms with Crippen molar-refractivity contribution in [1.82, 2.24) is 0 Å². The van der Waals surface area contributed by atoms with Crippen LogP contribution in [0.5, 0.6) is 0 Å². The first kappa shape index (κ1) is 21.3. The van der Waals surface area contributed by atoms with Crippen molar-refractivity contribution in [1.29, 1.82) is 0 Å². The number of hydrogen-bond donors (Lipinski definition) is 0. The van der Waals surface area contributed by atoms with Crippen molar-refractivity contribution in [2.75, 3.05) is 6.54 Å². The van der Waals surface area contributed by atoms with E-state index in [-0.39, 0.29) is 5.41 Å². The van der Waals surface area contributed by atoms with Crippen LogP contribution in [0.1, 0.15) is 37.8 Å². The molecule has 0 saturated carbocycles. The van der Waals surface area contributed by atoms with Gasteiger partial charge in [-0.2, -0.15) is 4.58 Å². The first-order valence-corrected chi connectivity index (χ1v) is 12.0. The third-order valence-electron chi connectivity index (χ3n) is 7.07. The molecule has 1 atom stereocenters. The van der Waals surface area contributed by atoms with E-state index in [9.17, 15) is 0 Å². The van der Waals surface area contributed by atoms with E-state index in [1.165, 1.54) is 33.3 Å². The van der Waals surface area contributed by atoms with Crippen LogP contribution in [0.15, 0.2) is 102 Å². The largest absolute Gasteiger partial charge is 0.261 e. The van der Waals surface area contributed by atoms with E-state index in [4.69, 9.17) is 4.99 Å². The molecule has 164 valence electrons. The molecule has 1 aliphatic rings. The molecule has 0 amide bonds.